The van der Waals surface area contributed by atoms with Crippen LogP contribution in [-0.4, -0.2) is 72.2 Å². The van der Waals surface area contributed by atoms with Crippen LogP contribution < -0.4 is 5.48 Å². The fraction of sp³-hybridized carbons (Fsp3) is 0.500. The van der Waals surface area contributed by atoms with Crippen LogP contribution in [0.1, 0.15) is 37.4 Å². The van der Waals surface area contributed by atoms with Crippen LogP contribution in [0.3, 0.4) is 0 Å². The zero-order chi connectivity index (χ0) is 25.4. The summed E-state index contributed by atoms with van der Waals surface area (Å²) in [6, 6.07) is 1.27. The molecule has 3 rings (SSSR count). The highest BCUT2D eigenvalue weighted by molar-refractivity contribution is 7.92. The molecule has 1 saturated carbocycles. The van der Waals surface area contributed by atoms with E-state index >= 15 is 0 Å². The lowest BCUT2D eigenvalue weighted by molar-refractivity contribution is -0.131. The molecule has 1 aliphatic carbocycles. The smallest absolute Gasteiger partial charge is 0.318 e. The molecule has 2 aliphatic rings. The van der Waals surface area contributed by atoms with E-state index in [4.69, 9.17) is 9.76 Å². The Morgan fingerprint density at radius 3 is 2.50 bits per heavy atom. The predicted octanol–water partition coefficient (Wildman–Crippen LogP) is -0.0749. The van der Waals surface area contributed by atoms with Crippen molar-refractivity contribution in [3.63, 3.8) is 0 Å². The van der Waals surface area contributed by atoms with Crippen LogP contribution in [0.2, 0.25) is 0 Å². The normalized spacial score (nSPS) is 18.1. The van der Waals surface area contributed by atoms with Gasteiger partial charge in [-0.3, -0.25) is 19.1 Å². The molecule has 1 fully saturated rings. The first kappa shape index (κ1) is 25.7. The van der Waals surface area contributed by atoms with Crippen LogP contribution in [0.15, 0.2) is 12.3 Å². The van der Waals surface area contributed by atoms with Crippen LogP contribution in [0.25, 0.3) is 0 Å². The van der Waals surface area contributed by atoms with Gasteiger partial charge in [-0.05, 0) is 44.1 Å². The Hall–Kier alpha value is -2.88. The van der Waals surface area contributed by atoms with Crippen molar-refractivity contribution >= 4 is 32.2 Å². The van der Waals surface area contributed by atoms with Gasteiger partial charge in [-0.25, -0.2) is 22.9 Å². The Bertz CT molecular complexity index is 1350. The van der Waals surface area contributed by atoms with Gasteiger partial charge in [0.25, 0.3) is 5.91 Å². The summed E-state index contributed by atoms with van der Waals surface area (Å²) < 4.78 is 58.0. The summed E-state index contributed by atoms with van der Waals surface area (Å²) in [6.07, 6.45) is 3.44. The second-order valence-corrected chi connectivity index (χ2v) is 12.0. The number of nitrogens with one attached hydrogen (secondary N) is 1. The average Bonchev–Trinajstić information content (AvgIpc) is 3.31. The third-order valence-electron chi connectivity index (χ3n) is 5.92. The molecule has 1 unspecified atom stereocenters. The molecular weight excluding hydrogens is 490 g/mol. The van der Waals surface area contributed by atoms with E-state index in [2.05, 4.69) is 27.9 Å². The molecule has 0 radical (unpaired) electrons. The Morgan fingerprint density at radius 1 is 1.29 bits per heavy atom. The average molecular weight is 514 g/mol. The highest BCUT2D eigenvalue weighted by Crippen LogP contribution is 2.45. The van der Waals surface area contributed by atoms with Gasteiger partial charge in [-0.2, -0.15) is 8.42 Å². The first-order chi connectivity index (χ1) is 15.7. The minimum atomic E-state index is -4.53. The molecule has 0 aromatic carbocycles. The number of amides is 2. The second kappa shape index (κ2) is 9.05. The molecular formula is C20H23N3O9S2. The van der Waals surface area contributed by atoms with Gasteiger partial charge >= 0.3 is 16.4 Å². The summed E-state index contributed by atoms with van der Waals surface area (Å²) in [5.41, 5.74) is 1.87. The van der Waals surface area contributed by atoms with Gasteiger partial charge in [0.2, 0.25) is 0 Å². The van der Waals surface area contributed by atoms with Gasteiger partial charge in [0.15, 0.2) is 14.6 Å². The Morgan fingerprint density at radius 2 is 1.97 bits per heavy atom. The minimum Gasteiger partial charge on any atom is -0.318 e. The Labute approximate surface area is 197 Å². The van der Waals surface area contributed by atoms with E-state index in [1.165, 1.54) is 28.1 Å². The van der Waals surface area contributed by atoms with E-state index in [0.717, 1.165) is 6.26 Å². The summed E-state index contributed by atoms with van der Waals surface area (Å²) in [5, 5.41) is 8.90. The molecule has 0 spiro atoms. The number of nitrogens with zero attached hydrogens (tertiary/aromatic N) is 2. The van der Waals surface area contributed by atoms with Crippen molar-refractivity contribution in [2.45, 2.75) is 37.5 Å². The third kappa shape index (κ3) is 5.60. The Kier molecular flexibility index (Phi) is 6.85. The topological polar surface area (TPSA) is 172 Å². The zero-order valence-corrected chi connectivity index (χ0v) is 20.0. The number of hydrogen-bond acceptors (Lipinski definition) is 8. The molecule has 3 N–H and O–H groups in total. The summed E-state index contributed by atoms with van der Waals surface area (Å²) >= 11 is 0. The quantitative estimate of drug-likeness (QED) is 0.186. The molecule has 12 nitrogen and oxygen atoms in total. The number of rotatable bonds is 8. The van der Waals surface area contributed by atoms with E-state index in [-0.39, 0.29) is 26.1 Å². The summed E-state index contributed by atoms with van der Waals surface area (Å²) in [6.45, 7) is 1.09. The van der Waals surface area contributed by atoms with Crippen LogP contribution in [-0.2, 0) is 35.8 Å². The lowest BCUT2D eigenvalue weighted by Crippen LogP contribution is -2.50. The first-order valence-electron chi connectivity index (χ1n) is 9.99. The van der Waals surface area contributed by atoms with Gasteiger partial charge in [-0.15, -0.1) is 0 Å². The largest absolute Gasteiger partial charge is 0.397 e. The first-order valence-corrected chi connectivity index (χ1v) is 13.3. The molecule has 1 aromatic rings. The molecule has 2 amide bonds. The minimum absolute atomic E-state index is 0.0301. The third-order valence-corrected chi connectivity index (χ3v) is 8.36. The molecule has 0 saturated heterocycles. The molecule has 14 heteroatoms. The number of hydroxylamine groups is 1. The number of aromatic nitrogens is 1. The van der Waals surface area contributed by atoms with Gasteiger partial charge < -0.3 is 4.90 Å². The van der Waals surface area contributed by atoms with Crippen LogP contribution in [0.4, 0.5) is 4.79 Å². The standard InChI is InChI=1S/C20H23N3O9S2/c1-19(17(24)21-26,33(2,27)28)9-10-22-13-16-11-15(12-23(16)18(22)25)5-3-4-6-20(7-8-20)14-32-34(29,30)31/h11-12,26H,7-10,13-14H2,1-2H3,(H,21,24)(H,29,30,31). The van der Waals surface area contributed by atoms with Crippen molar-refractivity contribution in [1.82, 2.24) is 14.9 Å². The fourth-order valence-electron chi connectivity index (χ4n) is 3.31. The van der Waals surface area contributed by atoms with Crippen molar-refractivity contribution in [2.24, 2.45) is 5.41 Å². The van der Waals surface area contributed by atoms with Crippen molar-refractivity contribution < 1.29 is 40.4 Å². The summed E-state index contributed by atoms with van der Waals surface area (Å²) in [7, 11) is -8.40. The number of carbonyl (C=O) groups excluding carboxylic acids is 2. The molecule has 1 aromatic heterocycles. The van der Waals surface area contributed by atoms with Crippen molar-refractivity contribution in [1.29, 1.82) is 0 Å². The van der Waals surface area contributed by atoms with Crippen LogP contribution in [0, 0.1) is 29.1 Å². The maximum atomic E-state index is 12.7. The van der Waals surface area contributed by atoms with Crippen molar-refractivity contribution in [3.8, 4) is 23.7 Å². The lowest BCUT2D eigenvalue weighted by Gasteiger charge is -2.27. The van der Waals surface area contributed by atoms with Crippen LogP contribution >= 0.6 is 0 Å². The molecule has 1 atom stereocenters. The van der Waals surface area contributed by atoms with Gasteiger partial charge in [0.05, 0.1) is 18.6 Å². The molecule has 1 aliphatic heterocycles. The molecule has 184 valence electrons. The van der Waals surface area contributed by atoms with E-state index in [9.17, 15) is 26.4 Å². The van der Waals surface area contributed by atoms with E-state index in [1.54, 1.807) is 6.07 Å². The predicted molar refractivity (Wildman–Crippen MR) is 117 cm³/mol. The van der Waals surface area contributed by atoms with E-state index < -0.39 is 42.3 Å². The zero-order valence-electron chi connectivity index (χ0n) is 18.4. The number of sulfone groups is 1. The van der Waals surface area contributed by atoms with Gasteiger partial charge in [0, 0.05) is 30.3 Å². The highest BCUT2D eigenvalue weighted by atomic mass is 32.3. The van der Waals surface area contributed by atoms with E-state index in [0.29, 0.717) is 24.1 Å². The fourth-order valence-corrected chi connectivity index (χ4v) is 4.53. The monoisotopic (exact) mass is 513 g/mol. The number of carbonyl (C=O) groups is 2. The second-order valence-electron chi connectivity index (χ2n) is 8.46. The van der Waals surface area contributed by atoms with Crippen LogP contribution in [0.5, 0.6) is 0 Å². The van der Waals surface area contributed by atoms with Crippen molar-refractivity contribution in [3.05, 3.63) is 23.5 Å². The van der Waals surface area contributed by atoms with Gasteiger partial charge in [-0.1, -0.05) is 11.8 Å². The summed E-state index contributed by atoms with van der Waals surface area (Å²) in [4.78, 5) is 26.0. The molecule has 0 bridgehead atoms. The summed E-state index contributed by atoms with van der Waals surface area (Å²) in [5.74, 6) is 9.83. The number of fused-ring (bicyclic) bond motifs is 1. The Balaban J connectivity index is 1.63. The molecule has 34 heavy (non-hydrogen) atoms. The van der Waals surface area contributed by atoms with E-state index in [1.807, 2.05) is 0 Å². The maximum absolute atomic E-state index is 12.7. The number of hydrogen-bond donors (Lipinski definition) is 3. The van der Waals surface area contributed by atoms with Gasteiger partial charge in [0.1, 0.15) is 0 Å². The maximum Gasteiger partial charge on any atom is 0.397 e. The highest BCUT2D eigenvalue weighted by Gasteiger charge is 2.44. The molecule has 2 heterocycles. The SMILES string of the molecule is CC(CCN1Cc2cc(C#CC#CC3(COS(=O)(=O)O)CC3)cn2C1=O)(C(=O)NO)S(C)(=O)=O. The van der Waals surface area contributed by atoms with Crippen molar-refractivity contribution in [2.75, 3.05) is 19.4 Å². The lowest BCUT2D eigenvalue weighted by atomic mass is 10.1.